The van der Waals surface area contributed by atoms with E-state index in [2.05, 4.69) is 36.2 Å². The Bertz CT molecular complexity index is 556. The molecule has 0 saturated heterocycles. The fourth-order valence-electron chi connectivity index (χ4n) is 3.56. The SMILES string of the molecule is CCCCC1CCc2cc(O)cc(/C=C/CCN(CC)CCN)c2N1. The first-order valence-corrected chi connectivity index (χ1v) is 9.89. The minimum Gasteiger partial charge on any atom is -0.508 e. The number of hydrogen-bond donors (Lipinski definition) is 3. The van der Waals surface area contributed by atoms with Crippen molar-refractivity contribution in [3.05, 3.63) is 29.3 Å². The lowest BCUT2D eigenvalue weighted by molar-refractivity contribution is 0.302. The average Bonchev–Trinajstić information content (AvgIpc) is 2.62. The number of unbranched alkanes of at least 4 members (excludes halogenated alkanes) is 1. The lowest BCUT2D eigenvalue weighted by atomic mass is 9.92. The summed E-state index contributed by atoms with van der Waals surface area (Å²) in [5, 5.41) is 13.8. The van der Waals surface area contributed by atoms with Crippen molar-refractivity contribution in [2.24, 2.45) is 5.73 Å². The molecule has 1 unspecified atom stereocenters. The Morgan fingerprint density at radius 2 is 2.16 bits per heavy atom. The Balaban J connectivity index is 2.02. The van der Waals surface area contributed by atoms with E-state index in [1.807, 2.05) is 12.1 Å². The summed E-state index contributed by atoms with van der Waals surface area (Å²) in [6.45, 7) is 8.14. The molecule has 140 valence electrons. The molecule has 1 aromatic rings. The van der Waals surface area contributed by atoms with Gasteiger partial charge < -0.3 is 21.1 Å². The lowest BCUT2D eigenvalue weighted by Crippen LogP contribution is -2.29. The summed E-state index contributed by atoms with van der Waals surface area (Å²) < 4.78 is 0. The first-order valence-electron chi connectivity index (χ1n) is 9.89. The van der Waals surface area contributed by atoms with Gasteiger partial charge in [-0.25, -0.2) is 0 Å². The third-order valence-corrected chi connectivity index (χ3v) is 5.05. The van der Waals surface area contributed by atoms with Crippen LogP contribution < -0.4 is 11.1 Å². The summed E-state index contributed by atoms with van der Waals surface area (Å²) in [6.07, 6.45) is 11.3. The number of rotatable bonds is 10. The molecule has 25 heavy (non-hydrogen) atoms. The predicted octanol–water partition coefficient (Wildman–Crippen LogP) is 3.99. The second-order valence-corrected chi connectivity index (χ2v) is 7.01. The number of nitrogens with zero attached hydrogens (tertiary/aromatic N) is 1. The number of anilines is 1. The van der Waals surface area contributed by atoms with Crippen molar-refractivity contribution in [3.8, 4) is 5.75 Å². The molecule has 1 aromatic carbocycles. The Kier molecular flexibility index (Phi) is 8.29. The fourth-order valence-corrected chi connectivity index (χ4v) is 3.56. The number of phenols is 1. The zero-order chi connectivity index (χ0) is 18.1. The Morgan fingerprint density at radius 1 is 1.32 bits per heavy atom. The van der Waals surface area contributed by atoms with Crippen LogP contribution in [0.3, 0.4) is 0 Å². The maximum absolute atomic E-state index is 10.0. The van der Waals surface area contributed by atoms with E-state index in [0.717, 1.165) is 44.5 Å². The summed E-state index contributed by atoms with van der Waals surface area (Å²) in [5.41, 5.74) is 9.21. The van der Waals surface area contributed by atoms with Crippen molar-refractivity contribution in [2.45, 2.75) is 58.4 Å². The Labute approximate surface area is 153 Å². The van der Waals surface area contributed by atoms with E-state index in [9.17, 15) is 5.11 Å². The smallest absolute Gasteiger partial charge is 0.116 e. The monoisotopic (exact) mass is 345 g/mol. The fraction of sp³-hybridized carbons (Fsp3) is 0.619. The molecule has 0 amide bonds. The topological polar surface area (TPSA) is 61.5 Å². The second kappa shape index (κ2) is 10.5. The van der Waals surface area contributed by atoms with Crippen LogP contribution in [-0.2, 0) is 6.42 Å². The van der Waals surface area contributed by atoms with E-state index in [4.69, 9.17) is 5.73 Å². The van der Waals surface area contributed by atoms with E-state index in [-0.39, 0.29) is 0 Å². The van der Waals surface area contributed by atoms with Crippen LogP contribution in [0, 0.1) is 0 Å². The van der Waals surface area contributed by atoms with Crippen LogP contribution in [0.4, 0.5) is 5.69 Å². The standard InChI is InChI=1S/C21H35N3O/c1-3-5-9-19-11-10-18-16-20(25)15-17(21(18)23-19)8-6-7-13-24(4-2)14-12-22/h6,8,15-16,19,23,25H,3-5,7,9-14,22H2,1-2H3/b8-6+. The zero-order valence-electron chi connectivity index (χ0n) is 15.9. The van der Waals surface area contributed by atoms with Gasteiger partial charge in [-0.15, -0.1) is 0 Å². The number of nitrogens with two attached hydrogens (primary N) is 1. The van der Waals surface area contributed by atoms with Crippen LogP contribution in [0.1, 0.15) is 57.1 Å². The van der Waals surface area contributed by atoms with Gasteiger partial charge >= 0.3 is 0 Å². The number of aryl methyl sites for hydroxylation is 1. The highest BCUT2D eigenvalue weighted by atomic mass is 16.3. The van der Waals surface area contributed by atoms with Gasteiger partial charge in [-0.2, -0.15) is 0 Å². The van der Waals surface area contributed by atoms with Gasteiger partial charge in [-0.1, -0.05) is 38.8 Å². The zero-order valence-corrected chi connectivity index (χ0v) is 15.9. The molecule has 1 aliphatic heterocycles. The van der Waals surface area contributed by atoms with Crippen molar-refractivity contribution >= 4 is 11.8 Å². The molecular formula is C21H35N3O. The van der Waals surface area contributed by atoms with Crippen molar-refractivity contribution < 1.29 is 5.11 Å². The van der Waals surface area contributed by atoms with Crippen LogP contribution >= 0.6 is 0 Å². The highest BCUT2D eigenvalue weighted by molar-refractivity contribution is 5.73. The van der Waals surface area contributed by atoms with Crippen LogP contribution in [0.5, 0.6) is 5.75 Å². The molecule has 0 saturated carbocycles. The van der Waals surface area contributed by atoms with Crippen LogP contribution in [-0.4, -0.2) is 42.2 Å². The third kappa shape index (κ3) is 6.05. The minimum absolute atomic E-state index is 0.366. The summed E-state index contributed by atoms with van der Waals surface area (Å²) >= 11 is 0. The maximum Gasteiger partial charge on any atom is 0.116 e. The number of phenolic OH excluding ortho intramolecular Hbond substituents is 1. The van der Waals surface area contributed by atoms with Gasteiger partial charge in [0.25, 0.3) is 0 Å². The van der Waals surface area contributed by atoms with Gasteiger partial charge in [-0.3, -0.25) is 0 Å². The summed E-state index contributed by atoms with van der Waals surface area (Å²) in [7, 11) is 0. The number of benzene rings is 1. The maximum atomic E-state index is 10.0. The molecule has 0 radical (unpaired) electrons. The molecule has 4 nitrogen and oxygen atoms in total. The quantitative estimate of drug-likeness (QED) is 0.561. The Morgan fingerprint density at radius 3 is 2.88 bits per heavy atom. The van der Waals surface area contributed by atoms with Gasteiger partial charge in [0.1, 0.15) is 5.75 Å². The first-order chi connectivity index (χ1) is 12.2. The van der Waals surface area contributed by atoms with Crippen molar-refractivity contribution in [1.29, 1.82) is 0 Å². The first kappa shape index (κ1) is 19.8. The van der Waals surface area contributed by atoms with Gasteiger partial charge in [0.2, 0.25) is 0 Å². The largest absolute Gasteiger partial charge is 0.508 e. The second-order valence-electron chi connectivity index (χ2n) is 7.01. The molecular weight excluding hydrogens is 310 g/mol. The van der Waals surface area contributed by atoms with Crippen LogP contribution in [0.2, 0.25) is 0 Å². The van der Waals surface area contributed by atoms with E-state index in [0.29, 0.717) is 18.3 Å². The molecule has 0 aliphatic carbocycles. The van der Waals surface area contributed by atoms with Crippen molar-refractivity contribution in [1.82, 2.24) is 4.90 Å². The van der Waals surface area contributed by atoms with Gasteiger partial charge in [-0.05, 0) is 49.9 Å². The number of hydrogen-bond acceptors (Lipinski definition) is 4. The molecule has 4 N–H and O–H groups in total. The van der Waals surface area contributed by atoms with E-state index in [1.54, 1.807) is 0 Å². The molecule has 2 rings (SSSR count). The molecule has 0 bridgehead atoms. The van der Waals surface area contributed by atoms with E-state index < -0.39 is 0 Å². The van der Waals surface area contributed by atoms with Crippen LogP contribution in [0.25, 0.3) is 6.08 Å². The minimum atomic E-state index is 0.366. The third-order valence-electron chi connectivity index (χ3n) is 5.05. The summed E-state index contributed by atoms with van der Waals surface area (Å²) in [5.74, 6) is 0.366. The number of fused-ring (bicyclic) bond motifs is 1. The lowest BCUT2D eigenvalue weighted by Gasteiger charge is -2.28. The average molecular weight is 346 g/mol. The molecule has 4 heteroatoms. The van der Waals surface area contributed by atoms with Crippen LogP contribution in [0.15, 0.2) is 18.2 Å². The summed E-state index contributed by atoms with van der Waals surface area (Å²) in [6, 6.07) is 4.35. The van der Waals surface area contributed by atoms with Gasteiger partial charge in [0.05, 0.1) is 0 Å². The highest BCUT2D eigenvalue weighted by Crippen LogP contribution is 2.34. The number of likely N-dealkylation sites (N-methyl/N-ethyl adjacent to an activating group) is 1. The number of aromatic hydroxyl groups is 1. The van der Waals surface area contributed by atoms with E-state index >= 15 is 0 Å². The molecule has 1 aliphatic rings. The van der Waals surface area contributed by atoms with E-state index in [1.165, 1.54) is 30.5 Å². The number of nitrogens with one attached hydrogen (secondary N) is 1. The highest BCUT2D eigenvalue weighted by Gasteiger charge is 2.19. The van der Waals surface area contributed by atoms with Gasteiger partial charge in [0, 0.05) is 36.9 Å². The molecule has 0 fully saturated rings. The molecule has 0 spiro atoms. The van der Waals surface area contributed by atoms with Crippen molar-refractivity contribution in [3.63, 3.8) is 0 Å². The normalized spacial score (nSPS) is 17.0. The van der Waals surface area contributed by atoms with Crippen molar-refractivity contribution in [2.75, 3.05) is 31.5 Å². The molecule has 1 atom stereocenters. The Hall–Kier alpha value is -1.52. The van der Waals surface area contributed by atoms with Gasteiger partial charge in [0.15, 0.2) is 0 Å². The molecule has 0 aromatic heterocycles. The summed E-state index contributed by atoms with van der Waals surface area (Å²) in [4.78, 5) is 2.36. The molecule has 1 heterocycles. The predicted molar refractivity (Wildman–Crippen MR) is 108 cm³/mol.